The molecule has 3 aromatic rings. The Balaban J connectivity index is 2.02. The lowest BCUT2D eigenvalue weighted by molar-refractivity contribution is 0.429. The molecule has 0 amide bonds. The van der Waals surface area contributed by atoms with Crippen molar-refractivity contribution in [1.82, 2.24) is 10.1 Å². The highest BCUT2D eigenvalue weighted by atomic mass is 19.1. The van der Waals surface area contributed by atoms with Crippen molar-refractivity contribution in [2.45, 2.75) is 6.92 Å². The number of nitrogens with two attached hydrogens (primary N) is 1. The Morgan fingerprint density at radius 3 is 2.48 bits per heavy atom. The van der Waals surface area contributed by atoms with Gasteiger partial charge in [0.25, 0.3) is 5.89 Å². The van der Waals surface area contributed by atoms with Gasteiger partial charge < -0.3 is 10.3 Å². The van der Waals surface area contributed by atoms with Crippen LogP contribution in [0.1, 0.15) is 5.56 Å². The first kappa shape index (κ1) is 13.2. The number of aromatic nitrogens is 2. The van der Waals surface area contributed by atoms with E-state index in [0.29, 0.717) is 11.9 Å². The van der Waals surface area contributed by atoms with Crippen LogP contribution in [-0.2, 0) is 0 Å². The lowest BCUT2D eigenvalue weighted by atomic mass is 10.1. The van der Waals surface area contributed by atoms with Crippen molar-refractivity contribution in [3.05, 3.63) is 53.6 Å². The summed E-state index contributed by atoms with van der Waals surface area (Å²) in [7, 11) is 0. The molecular formula is C15H11F2N3O. The number of nitrogens with zero attached hydrogens (tertiary/aromatic N) is 2. The van der Waals surface area contributed by atoms with Crippen molar-refractivity contribution < 1.29 is 13.3 Å². The molecule has 0 saturated heterocycles. The van der Waals surface area contributed by atoms with Gasteiger partial charge in [-0.2, -0.15) is 4.98 Å². The highest BCUT2D eigenvalue weighted by Crippen LogP contribution is 2.27. The lowest BCUT2D eigenvalue weighted by Crippen LogP contribution is -1.94. The molecule has 6 heteroatoms. The molecule has 0 radical (unpaired) electrons. The van der Waals surface area contributed by atoms with Crippen molar-refractivity contribution in [3.8, 4) is 22.8 Å². The molecule has 4 nitrogen and oxygen atoms in total. The molecule has 0 aliphatic rings. The van der Waals surface area contributed by atoms with Gasteiger partial charge in [0.2, 0.25) is 5.82 Å². The molecule has 0 aliphatic carbocycles. The normalized spacial score (nSPS) is 10.8. The monoisotopic (exact) mass is 287 g/mol. The van der Waals surface area contributed by atoms with E-state index in [2.05, 4.69) is 10.1 Å². The van der Waals surface area contributed by atoms with Gasteiger partial charge in [0.15, 0.2) is 0 Å². The van der Waals surface area contributed by atoms with E-state index in [1.807, 2.05) is 31.2 Å². The van der Waals surface area contributed by atoms with Crippen LogP contribution in [0.3, 0.4) is 0 Å². The van der Waals surface area contributed by atoms with E-state index in [4.69, 9.17) is 10.3 Å². The lowest BCUT2D eigenvalue weighted by Gasteiger charge is -2.00. The third-order valence-electron chi connectivity index (χ3n) is 3.05. The van der Waals surface area contributed by atoms with Gasteiger partial charge in [0.1, 0.15) is 11.6 Å². The van der Waals surface area contributed by atoms with E-state index >= 15 is 0 Å². The molecule has 0 bridgehead atoms. The SMILES string of the molecule is Cc1ccc(-c2noc(-c3cc(N)c(F)cc3F)n2)cc1. The Hall–Kier alpha value is -2.76. The summed E-state index contributed by atoms with van der Waals surface area (Å²) in [5.74, 6) is -1.35. The zero-order valence-electron chi connectivity index (χ0n) is 11.1. The first-order chi connectivity index (χ1) is 10.0. The molecule has 0 fully saturated rings. The van der Waals surface area contributed by atoms with E-state index in [1.165, 1.54) is 0 Å². The number of rotatable bonds is 2. The van der Waals surface area contributed by atoms with Gasteiger partial charge in [-0.15, -0.1) is 0 Å². The van der Waals surface area contributed by atoms with Crippen molar-refractivity contribution in [2.24, 2.45) is 0 Å². The molecule has 0 aliphatic heterocycles. The zero-order chi connectivity index (χ0) is 15.0. The standard InChI is InChI=1S/C15H11F2N3O/c1-8-2-4-9(5-3-8)14-19-15(21-20-14)10-6-13(18)12(17)7-11(10)16/h2-7H,18H2,1H3. The van der Waals surface area contributed by atoms with Crippen LogP contribution in [0.25, 0.3) is 22.8 Å². The summed E-state index contributed by atoms with van der Waals surface area (Å²) in [5, 5.41) is 3.80. The summed E-state index contributed by atoms with van der Waals surface area (Å²) in [4.78, 5) is 4.12. The molecule has 3 rings (SSSR count). The number of halogens is 2. The second-order valence-corrected chi connectivity index (χ2v) is 4.64. The maximum absolute atomic E-state index is 13.8. The molecule has 0 unspecified atom stereocenters. The zero-order valence-corrected chi connectivity index (χ0v) is 11.1. The Bertz CT molecular complexity index is 797. The molecule has 2 aromatic carbocycles. The molecule has 106 valence electrons. The molecule has 1 aromatic heterocycles. The number of nitrogen functional groups attached to an aromatic ring is 1. The molecule has 2 N–H and O–H groups in total. The molecule has 0 atom stereocenters. The van der Waals surface area contributed by atoms with Crippen LogP contribution in [0.15, 0.2) is 40.9 Å². The predicted octanol–water partition coefficient (Wildman–Crippen LogP) is 3.57. The van der Waals surface area contributed by atoms with Gasteiger partial charge in [-0.05, 0) is 13.0 Å². The average Bonchev–Trinajstić information content (AvgIpc) is 2.93. The fourth-order valence-electron chi connectivity index (χ4n) is 1.88. The van der Waals surface area contributed by atoms with E-state index < -0.39 is 11.6 Å². The van der Waals surface area contributed by atoms with E-state index in [1.54, 1.807) is 0 Å². The molecule has 1 heterocycles. The number of hydrogen-bond acceptors (Lipinski definition) is 4. The fraction of sp³-hybridized carbons (Fsp3) is 0.0667. The predicted molar refractivity (Wildman–Crippen MR) is 74.2 cm³/mol. The Morgan fingerprint density at radius 1 is 1.05 bits per heavy atom. The van der Waals surface area contributed by atoms with Gasteiger partial charge in [-0.1, -0.05) is 35.0 Å². The third kappa shape index (κ3) is 2.47. The average molecular weight is 287 g/mol. The van der Waals surface area contributed by atoms with Gasteiger partial charge in [-0.25, -0.2) is 8.78 Å². The minimum absolute atomic E-state index is 0.0280. The van der Waals surface area contributed by atoms with Crippen molar-refractivity contribution in [1.29, 1.82) is 0 Å². The summed E-state index contributed by atoms with van der Waals surface area (Å²) < 4.78 is 31.9. The van der Waals surface area contributed by atoms with E-state index in [9.17, 15) is 8.78 Å². The second kappa shape index (κ2) is 4.97. The molecule has 21 heavy (non-hydrogen) atoms. The number of hydrogen-bond donors (Lipinski definition) is 1. The van der Waals surface area contributed by atoms with Crippen molar-refractivity contribution in [2.75, 3.05) is 5.73 Å². The second-order valence-electron chi connectivity index (χ2n) is 4.64. The van der Waals surface area contributed by atoms with E-state index in [0.717, 1.165) is 17.2 Å². The first-order valence-electron chi connectivity index (χ1n) is 6.20. The van der Waals surface area contributed by atoms with E-state index in [-0.39, 0.29) is 17.1 Å². The Labute approximate surface area is 119 Å². The maximum atomic E-state index is 13.8. The van der Waals surface area contributed by atoms with Crippen LogP contribution in [0.5, 0.6) is 0 Å². The molecule has 0 saturated carbocycles. The maximum Gasteiger partial charge on any atom is 0.261 e. The third-order valence-corrected chi connectivity index (χ3v) is 3.05. The fourth-order valence-corrected chi connectivity index (χ4v) is 1.88. The van der Waals surface area contributed by atoms with Crippen LogP contribution in [0, 0.1) is 18.6 Å². The van der Waals surface area contributed by atoms with Crippen molar-refractivity contribution in [3.63, 3.8) is 0 Å². The number of benzene rings is 2. The summed E-state index contributed by atoms with van der Waals surface area (Å²) in [6, 6.07) is 9.31. The van der Waals surface area contributed by atoms with Gasteiger partial charge in [0, 0.05) is 11.6 Å². The smallest absolute Gasteiger partial charge is 0.261 e. The summed E-state index contributed by atoms with van der Waals surface area (Å²) in [5.41, 5.74) is 7.06. The highest BCUT2D eigenvalue weighted by Gasteiger charge is 2.16. The summed E-state index contributed by atoms with van der Waals surface area (Å²) in [6.45, 7) is 1.96. The summed E-state index contributed by atoms with van der Waals surface area (Å²) >= 11 is 0. The van der Waals surface area contributed by atoms with Gasteiger partial charge >= 0.3 is 0 Å². The molecule has 0 spiro atoms. The number of aryl methyl sites for hydroxylation is 1. The first-order valence-corrected chi connectivity index (χ1v) is 6.20. The minimum Gasteiger partial charge on any atom is -0.396 e. The van der Waals surface area contributed by atoms with Gasteiger partial charge in [-0.3, -0.25) is 0 Å². The van der Waals surface area contributed by atoms with Crippen molar-refractivity contribution >= 4 is 5.69 Å². The minimum atomic E-state index is -0.825. The quantitative estimate of drug-likeness (QED) is 0.732. The van der Waals surface area contributed by atoms with Crippen LogP contribution in [0.2, 0.25) is 0 Å². The van der Waals surface area contributed by atoms with Crippen LogP contribution in [0.4, 0.5) is 14.5 Å². The van der Waals surface area contributed by atoms with Gasteiger partial charge in [0.05, 0.1) is 11.3 Å². The van der Waals surface area contributed by atoms with Crippen LogP contribution >= 0.6 is 0 Å². The summed E-state index contributed by atoms with van der Waals surface area (Å²) in [6.07, 6.45) is 0. The number of anilines is 1. The van der Waals surface area contributed by atoms with Crippen LogP contribution < -0.4 is 5.73 Å². The Kier molecular flexibility index (Phi) is 3.13. The molecular weight excluding hydrogens is 276 g/mol. The topological polar surface area (TPSA) is 64.9 Å². The van der Waals surface area contributed by atoms with Crippen LogP contribution in [-0.4, -0.2) is 10.1 Å². The Morgan fingerprint density at radius 2 is 1.76 bits per heavy atom. The largest absolute Gasteiger partial charge is 0.396 e. The highest BCUT2D eigenvalue weighted by molar-refractivity contribution is 5.64.